The Hall–Kier alpha value is -0.840. The van der Waals surface area contributed by atoms with Gasteiger partial charge in [0, 0.05) is 12.3 Å². The van der Waals surface area contributed by atoms with Gasteiger partial charge in [-0.15, -0.1) is 0 Å². The maximum atomic E-state index is 11.8. The molecule has 1 aliphatic rings. The number of carbonyl (C=O) groups excluding carboxylic acids is 1. The van der Waals surface area contributed by atoms with Crippen molar-refractivity contribution >= 4 is 17.5 Å². The molecule has 5 heteroatoms. The van der Waals surface area contributed by atoms with Gasteiger partial charge in [-0.25, -0.2) is 4.98 Å². The van der Waals surface area contributed by atoms with Gasteiger partial charge >= 0.3 is 0 Å². The largest absolute Gasteiger partial charge is 0.298 e. The van der Waals surface area contributed by atoms with Gasteiger partial charge in [0.05, 0.1) is 12.2 Å². The van der Waals surface area contributed by atoms with Crippen molar-refractivity contribution in [1.29, 1.82) is 0 Å². The molecular weight excluding hydrogens is 234 g/mol. The molecule has 1 heterocycles. The van der Waals surface area contributed by atoms with Crippen LogP contribution in [0.2, 0.25) is 0 Å². The van der Waals surface area contributed by atoms with Gasteiger partial charge in [0.2, 0.25) is 0 Å². The van der Waals surface area contributed by atoms with Crippen LogP contribution in [0.4, 0.5) is 0 Å². The van der Waals surface area contributed by atoms with Crippen molar-refractivity contribution in [1.82, 2.24) is 14.8 Å². The predicted molar refractivity (Wildman–Crippen MR) is 69.0 cm³/mol. The number of Topliss-reactive ketones (excluding diaryl/α,β-unsaturated/α-hetero) is 1. The van der Waals surface area contributed by atoms with Gasteiger partial charge in [0.25, 0.3) is 0 Å². The molecule has 0 unspecified atom stereocenters. The summed E-state index contributed by atoms with van der Waals surface area (Å²) in [6.07, 6.45) is 8.49. The zero-order valence-corrected chi connectivity index (χ0v) is 11.1. The number of hydrogen-bond acceptors (Lipinski definition) is 4. The van der Waals surface area contributed by atoms with E-state index in [1.54, 1.807) is 4.68 Å². The highest BCUT2D eigenvalue weighted by atomic mass is 32.2. The number of thioether (sulfide) groups is 1. The van der Waals surface area contributed by atoms with E-state index in [-0.39, 0.29) is 5.78 Å². The molecule has 0 bridgehead atoms. The summed E-state index contributed by atoms with van der Waals surface area (Å²) >= 11 is 1.83. The average molecular weight is 253 g/mol. The zero-order chi connectivity index (χ0) is 12.1. The van der Waals surface area contributed by atoms with E-state index in [9.17, 15) is 4.79 Å². The van der Waals surface area contributed by atoms with Crippen LogP contribution in [0.1, 0.15) is 37.9 Å². The molecule has 1 aromatic heterocycles. The van der Waals surface area contributed by atoms with Crippen molar-refractivity contribution < 1.29 is 4.79 Å². The maximum absolute atomic E-state index is 11.8. The quantitative estimate of drug-likeness (QED) is 0.805. The lowest BCUT2D eigenvalue weighted by molar-refractivity contribution is -0.116. The summed E-state index contributed by atoms with van der Waals surface area (Å²) in [6.45, 7) is 0. The molecule has 0 saturated heterocycles. The molecule has 1 aliphatic carbocycles. The third-order valence-electron chi connectivity index (χ3n) is 3.19. The fourth-order valence-corrected chi connectivity index (χ4v) is 3.34. The van der Waals surface area contributed by atoms with Gasteiger partial charge < -0.3 is 0 Å². The molecule has 0 aliphatic heterocycles. The van der Waals surface area contributed by atoms with E-state index in [4.69, 9.17) is 0 Å². The molecule has 2 rings (SSSR count). The van der Waals surface area contributed by atoms with Gasteiger partial charge in [-0.3, -0.25) is 9.48 Å². The molecule has 1 fully saturated rings. The minimum absolute atomic E-state index is 0.261. The van der Waals surface area contributed by atoms with Gasteiger partial charge in [-0.2, -0.15) is 16.9 Å². The molecule has 94 valence electrons. The van der Waals surface area contributed by atoms with Crippen LogP contribution in [0.15, 0.2) is 6.33 Å². The summed E-state index contributed by atoms with van der Waals surface area (Å²) in [5.74, 6) is 1.65. The Bertz CT molecular complexity index is 372. The Morgan fingerprint density at radius 3 is 2.88 bits per heavy atom. The second-order valence-electron chi connectivity index (χ2n) is 4.59. The summed E-state index contributed by atoms with van der Waals surface area (Å²) < 4.78 is 1.67. The Morgan fingerprint density at radius 2 is 2.24 bits per heavy atom. The van der Waals surface area contributed by atoms with E-state index in [0.717, 1.165) is 5.82 Å². The number of ketones is 1. The van der Waals surface area contributed by atoms with Crippen molar-refractivity contribution in [3.05, 3.63) is 12.2 Å². The lowest BCUT2D eigenvalue weighted by Crippen LogP contribution is -2.15. The summed E-state index contributed by atoms with van der Waals surface area (Å²) in [4.78, 5) is 15.9. The second-order valence-corrected chi connectivity index (χ2v) is 5.88. The molecule has 0 atom stereocenters. The monoisotopic (exact) mass is 253 g/mol. The molecule has 17 heavy (non-hydrogen) atoms. The van der Waals surface area contributed by atoms with Gasteiger partial charge in [0.1, 0.15) is 17.9 Å². The predicted octanol–water partition coefficient (Wildman–Crippen LogP) is 1.99. The summed E-state index contributed by atoms with van der Waals surface area (Å²) in [5.41, 5.74) is 0. The van der Waals surface area contributed by atoms with Crippen molar-refractivity contribution in [2.24, 2.45) is 7.05 Å². The van der Waals surface area contributed by atoms with E-state index in [2.05, 4.69) is 10.1 Å². The highest BCUT2D eigenvalue weighted by Crippen LogP contribution is 2.28. The minimum Gasteiger partial charge on any atom is -0.298 e. The first kappa shape index (κ1) is 12.6. The van der Waals surface area contributed by atoms with E-state index in [1.165, 1.54) is 38.4 Å². The van der Waals surface area contributed by atoms with Crippen LogP contribution in [0, 0.1) is 0 Å². The molecular formula is C12H19N3OS. The molecule has 0 spiro atoms. The lowest BCUT2D eigenvalue weighted by Gasteiger charge is -2.20. The van der Waals surface area contributed by atoms with E-state index in [0.29, 0.717) is 17.4 Å². The topological polar surface area (TPSA) is 47.8 Å². The highest BCUT2D eigenvalue weighted by molar-refractivity contribution is 8.00. The number of aryl methyl sites for hydroxylation is 1. The smallest absolute Gasteiger partial charge is 0.150 e. The van der Waals surface area contributed by atoms with Crippen molar-refractivity contribution in [3.63, 3.8) is 0 Å². The third kappa shape index (κ3) is 3.84. The fourth-order valence-electron chi connectivity index (χ4n) is 2.15. The Kier molecular flexibility index (Phi) is 4.59. The van der Waals surface area contributed by atoms with Gasteiger partial charge in [0.15, 0.2) is 0 Å². The van der Waals surface area contributed by atoms with Gasteiger partial charge in [-0.1, -0.05) is 19.3 Å². The minimum atomic E-state index is 0.261. The molecule has 0 aromatic carbocycles. The summed E-state index contributed by atoms with van der Waals surface area (Å²) in [7, 11) is 1.82. The third-order valence-corrected chi connectivity index (χ3v) is 4.62. The number of hydrogen-bond donors (Lipinski definition) is 0. The van der Waals surface area contributed by atoms with Crippen molar-refractivity contribution in [2.45, 2.75) is 43.8 Å². The standard InChI is InChI=1S/C12H19N3OS/c1-15-12(13-9-14-15)7-10(16)8-17-11-5-3-2-4-6-11/h9,11H,2-8H2,1H3. The van der Waals surface area contributed by atoms with E-state index in [1.807, 2.05) is 18.8 Å². The molecule has 4 nitrogen and oxygen atoms in total. The first-order chi connectivity index (χ1) is 8.25. The van der Waals surface area contributed by atoms with Crippen molar-refractivity contribution in [2.75, 3.05) is 5.75 Å². The second kappa shape index (κ2) is 6.19. The molecule has 0 amide bonds. The maximum Gasteiger partial charge on any atom is 0.150 e. The Morgan fingerprint density at radius 1 is 1.47 bits per heavy atom. The number of nitrogens with zero attached hydrogens (tertiary/aromatic N) is 3. The molecule has 1 saturated carbocycles. The number of carbonyl (C=O) groups is 1. The van der Waals surface area contributed by atoms with E-state index < -0.39 is 0 Å². The van der Waals surface area contributed by atoms with Crippen molar-refractivity contribution in [3.8, 4) is 0 Å². The normalized spacial score (nSPS) is 17.2. The Labute approximate surface area is 106 Å². The van der Waals surface area contributed by atoms with Crippen LogP contribution in [0.5, 0.6) is 0 Å². The lowest BCUT2D eigenvalue weighted by atomic mass is 10.0. The highest BCUT2D eigenvalue weighted by Gasteiger charge is 2.16. The summed E-state index contributed by atoms with van der Waals surface area (Å²) in [6, 6.07) is 0. The van der Waals surface area contributed by atoms with E-state index >= 15 is 0 Å². The van der Waals surface area contributed by atoms with Crippen LogP contribution in [-0.2, 0) is 18.3 Å². The molecule has 0 radical (unpaired) electrons. The zero-order valence-electron chi connectivity index (χ0n) is 10.3. The number of rotatable bonds is 5. The Balaban J connectivity index is 1.72. The average Bonchev–Trinajstić information content (AvgIpc) is 2.74. The fraction of sp³-hybridized carbons (Fsp3) is 0.750. The SMILES string of the molecule is Cn1ncnc1CC(=O)CSC1CCCCC1. The van der Waals surface area contributed by atoms with Crippen LogP contribution >= 0.6 is 11.8 Å². The first-order valence-corrected chi connectivity index (χ1v) is 7.27. The first-order valence-electron chi connectivity index (χ1n) is 6.22. The van der Waals surface area contributed by atoms with Crippen LogP contribution in [0.25, 0.3) is 0 Å². The van der Waals surface area contributed by atoms with Gasteiger partial charge in [-0.05, 0) is 12.8 Å². The van der Waals surface area contributed by atoms with Crippen LogP contribution in [-0.4, -0.2) is 31.6 Å². The molecule has 1 aromatic rings. The van der Waals surface area contributed by atoms with Crippen LogP contribution < -0.4 is 0 Å². The number of aromatic nitrogens is 3. The molecule has 0 N–H and O–H groups in total. The van der Waals surface area contributed by atoms with Crippen LogP contribution in [0.3, 0.4) is 0 Å². The summed E-state index contributed by atoms with van der Waals surface area (Å²) in [5, 5.41) is 4.67.